The lowest BCUT2D eigenvalue weighted by Gasteiger charge is -2.26. The highest BCUT2D eigenvalue weighted by atomic mass is 16.2. The monoisotopic (exact) mass is 316 g/mol. The van der Waals surface area contributed by atoms with Crippen molar-refractivity contribution >= 4 is 17.7 Å². The zero-order valence-corrected chi connectivity index (χ0v) is 12.8. The highest BCUT2D eigenvalue weighted by Gasteiger charge is 2.24. The molecule has 7 nitrogen and oxygen atoms in total. The van der Waals surface area contributed by atoms with Gasteiger partial charge in [-0.15, -0.1) is 0 Å². The topological polar surface area (TPSA) is 90.5 Å². The third-order valence-electron chi connectivity index (χ3n) is 4.15. The van der Waals surface area contributed by atoms with Crippen molar-refractivity contribution in [2.24, 2.45) is 5.92 Å². The Morgan fingerprint density at radius 1 is 1.22 bits per heavy atom. The minimum atomic E-state index is -0.143. The van der Waals surface area contributed by atoms with Crippen LogP contribution in [0, 0.1) is 5.92 Å². The third kappa shape index (κ3) is 3.68. The van der Waals surface area contributed by atoms with Crippen LogP contribution in [0.1, 0.15) is 15.9 Å². The van der Waals surface area contributed by atoms with Gasteiger partial charge in [0.1, 0.15) is 0 Å². The molecule has 0 saturated carbocycles. The predicted octanol–water partition coefficient (Wildman–Crippen LogP) is -0.906. The van der Waals surface area contributed by atoms with Crippen molar-refractivity contribution in [3.05, 3.63) is 35.4 Å². The fraction of sp³-hybridized carbons (Fsp3) is 0.438. The second-order valence-corrected chi connectivity index (χ2v) is 5.85. The van der Waals surface area contributed by atoms with Crippen molar-refractivity contribution in [2.75, 3.05) is 32.7 Å². The van der Waals surface area contributed by atoms with E-state index in [0.29, 0.717) is 25.2 Å². The summed E-state index contributed by atoms with van der Waals surface area (Å²) in [5, 5.41) is 8.65. The molecule has 2 aliphatic rings. The Bertz CT molecular complexity index is 610. The van der Waals surface area contributed by atoms with Gasteiger partial charge in [0.15, 0.2) is 0 Å². The van der Waals surface area contributed by atoms with Crippen LogP contribution < -0.4 is 16.0 Å². The SMILES string of the molecule is O=C1CN(C(=O)c2ccc(CNC(=O)C3CNC3)cc2)CCN1. The molecule has 0 bridgehead atoms. The molecule has 2 heterocycles. The van der Waals surface area contributed by atoms with Crippen LogP contribution in [-0.4, -0.2) is 55.3 Å². The van der Waals surface area contributed by atoms with Crippen molar-refractivity contribution in [3.63, 3.8) is 0 Å². The van der Waals surface area contributed by atoms with Gasteiger partial charge in [-0.05, 0) is 17.7 Å². The molecule has 2 fully saturated rings. The van der Waals surface area contributed by atoms with E-state index in [1.165, 1.54) is 0 Å². The zero-order chi connectivity index (χ0) is 16.2. The molecule has 0 unspecified atom stereocenters. The molecule has 23 heavy (non-hydrogen) atoms. The molecule has 2 saturated heterocycles. The normalized spacial score (nSPS) is 18.1. The van der Waals surface area contributed by atoms with E-state index < -0.39 is 0 Å². The van der Waals surface area contributed by atoms with E-state index in [1.54, 1.807) is 17.0 Å². The van der Waals surface area contributed by atoms with Gasteiger partial charge < -0.3 is 20.9 Å². The fourth-order valence-electron chi connectivity index (χ4n) is 2.57. The summed E-state index contributed by atoms with van der Waals surface area (Å²) in [7, 11) is 0. The Kier molecular flexibility index (Phi) is 4.57. The molecule has 0 radical (unpaired) electrons. The molecular formula is C16H20N4O3. The summed E-state index contributed by atoms with van der Waals surface area (Å²) in [6.45, 7) is 3.05. The van der Waals surface area contributed by atoms with Crippen LogP contribution in [0.25, 0.3) is 0 Å². The molecule has 3 rings (SSSR count). The molecule has 0 aliphatic carbocycles. The number of nitrogens with one attached hydrogen (secondary N) is 3. The molecule has 3 N–H and O–H groups in total. The first-order valence-corrected chi connectivity index (χ1v) is 7.77. The van der Waals surface area contributed by atoms with E-state index in [-0.39, 0.29) is 30.2 Å². The van der Waals surface area contributed by atoms with Gasteiger partial charge in [0, 0.05) is 38.3 Å². The second-order valence-electron chi connectivity index (χ2n) is 5.85. The van der Waals surface area contributed by atoms with Gasteiger partial charge in [-0.1, -0.05) is 12.1 Å². The van der Waals surface area contributed by atoms with Crippen molar-refractivity contribution in [1.82, 2.24) is 20.9 Å². The van der Waals surface area contributed by atoms with E-state index in [1.807, 2.05) is 12.1 Å². The van der Waals surface area contributed by atoms with Crippen molar-refractivity contribution < 1.29 is 14.4 Å². The molecule has 122 valence electrons. The number of nitrogens with zero attached hydrogens (tertiary/aromatic N) is 1. The Hall–Kier alpha value is -2.41. The summed E-state index contributed by atoms with van der Waals surface area (Å²) in [6, 6.07) is 7.13. The van der Waals surface area contributed by atoms with Gasteiger partial charge in [0.25, 0.3) is 5.91 Å². The van der Waals surface area contributed by atoms with Crippen LogP contribution in [0.2, 0.25) is 0 Å². The molecule has 0 spiro atoms. The summed E-state index contributed by atoms with van der Waals surface area (Å²) in [5.41, 5.74) is 1.50. The maximum Gasteiger partial charge on any atom is 0.254 e. The number of hydrogen-bond donors (Lipinski definition) is 3. The minimum Gasteiger partial charge on any atom is -0.353 e. The van der Waals surface area contributed by atoms with E-state index in [4.69, 9.17) is 0 Å². The number of hydrogen-bond acceptors (Lipinski definition) is 4. The summed E-state index contributed by atoms with van der Waals surface area (Å²) >= 11 is 0. The van der Waals surface area contributed by atoms with Crippen LogP contribution in [0.5, 0.6) is 0 Å². The molecular weight excluding hydrogens is 296 g/mol. The van der Waals surface area contributed by atoms with E-state index in [9.17, 15) is 14.4 Å². The average molecular weight is 316 g/mol. The highest BCUT2D eigenvalue weighted by Crippen LogP contribution is 2.09. The highest BCUT2D eigenvalue weighted by molar-refractivity contribution is 5.97. The minimum absolute atomic E-state index is 0.0585. The van der Waals surface area contributed by atoms with Gasteiger partial charge in [-0.2, -0.15) is 0 Å². The molecule has 1 aromatic rings. The first-order chi connectivity index (χ1) is 11.1. The largest absolute Gasteiger partial charge is 0.353 e. The van der Waals surface area contributed by atoms with Crippen molar-refractivity contribution in [2.45, 2.75) is 6.54 Å². The lowest BCUT2D eigenvalue weighted by Crippen LogP contribution is -2.50. The summed E-state index contributed by atoms with van der Waals surface area (Å²) in [6.07, 6.45) is 0. The number of benzene rings is 1. The second kappa shape index (κ2) is 6.78. The van der Waals surface area contributed by atoms with Crippen LogP contribution in [0.15, 0.2) is 24.3 Å². The predicted molar refractivity (Wildman–Crippen MR) is 83.6 cm³/mol. The fourth-order valence-corrected chi connectivity index (χ4v) is 2.57. The Labute approximate surface area is 134 Å². The number of amides is 3. The Morgan fingerprint density at radius 2 is 1.96 bits per heavy atom. The van der Waals surface area contributed by atoms with Gasteiger partial charge in [0.05, 0.1) is 12.5 Å². The molecule has 0 aromatic heterocycles. The lowest BCUT2D eigenvalue weighted by atomic mass is 10.0. The van der Waals surface area contributed by atoms with Crippen molar-refractivity contribution in [3.8, 4) is 0 Å². The van der Waals surface area contributed by atoms with E-state index in [2.05, 4.69) is 16.0 Å². The van der Waals surface area contributed by atoms with Gasteiger partial charge >= 0.3 is 0 Å². The molecule has 2 aliphatic heterocycles. The zero-order valence-electron chi connectivity index (χ0n) is 12.8. The van der Waals surface area contributed by atoms with E-state index in [0.717, 1.165) is 18.7 Å². The smallest absolute Gasteiger partial charge is 0.254 e. The number of rotatable bonds is 4. The Morgan fingerprint density at radius 3 is 2.57 bits per heavy atom. The van der Waals surface area contributed by atoms with E-state index >= 15 is 0 Å². The summed E-state index contributed by atoms with van der Waals surface area (Å²) in [5.74, 6) is -0.144. The average Bonchev–Trinajstić information content (AvgIpc) is 2.51. The number of carbonyl (C=O) groups excluding carboxylic acids is 3. The first-order valence-electron chi connectivity index (χ1n) is 7.77. The molecule has 3 amide bonds. The summed E-state index contributed by atoms with van der Waals surface area (Å²) < 4.78 is 0. The van der Waals surface area contributed by atoms with Crippen LogP contribution >= 0.6 is 0 Å². The van der Waals surface area contributed by atoms with Gasteiger partial charge in [-0.3, -0.25) is 14.4 Å². The molecule has 7 heteroatoms. The van der Waals surface area contributed by atoms with Gasteiger partial charge in [0.2, 0.25) is 11.8 Å². The first kappa shape index (κ1) is 15.5. The van der Waals surface area contributed by atoms with Crippen LogP contribution in [-0.2, 0) is 16.1 Å². The maximum absolute atomic E-state index is 12.3. The number of piperazine rings is 1. The van der Waals surface area contributed by atoms with Gasteiger partial charge in [-0.25, -0.2) is 0 Å². The maximum atomic E-state index is 12.3. The van der Waals surface area contributed by atoms with Crippen LogP contribution in [0.3, 0.4) is 0 Å². The standard InChI is InChI=1S/C16H20N4O3/c21-14-10-20(6-5-18-14)16(23)12-3-1-11(2-4-12)7-19-15(22)13-8-17-9-13/h1-4,13,17H,5-10H2,(H,18,21)(H,19,22). The summed E-state index contributed by atoms with van der Waals surface area (Å²) in [4.78, 5) is 37.0. The third-order valence-corrected chi connectivity index (χ3v) is 4.15. The van der Waals surface area contributed by atoms with Crippen LogP contribution in [0.4, 0.5) is 0 Å². The Balaban J connectivity index is 1.54. The number of carbonyl (C=O) groups is 3. The van der Waals surface area contributed by atoms with Crippen molar-refractivity contribution in [1.29, 1.82) is 0 Å². The molecule has 1 aromatic carbocycles. The lowest BCUT2D eigenvalue weighted by molar-refractivity contribution is -0.126. The molecule has 0 atom stereocenters. The quantitative estimate of drug-likeness (QED) is 0.671.